The molecule has 0 bridgehead atoms. The van der Waals surface area contributed by atoms with Gasteiger partial charge in [-0.2, -0.15) is 4.99 Å². The number of fused-ring (bicyclic) bond motifs is 1. The summed E-state index contributed by atoms with van der Waals surface area (Å²) in [5.74, 6) is -1.15. The van der Waals surface area contributed by atoms with Crippen molar-refractivity contribution in [3.63, 3.8) is 0 Å². The predicted octanol–water partition coefficient (Wildman–Crippen LogP) is 4.77. The van der Waals surface area contributed by atoms with Gasteiger partial charge >= 0.3 is 5.97 Å². The molecule has 0 aliphatic rings. The summed E-state index contributed by atoms with van der Waals surface area (Å²) >= 11 is 7.30. The molecule has 1 aromatic heterocycles. The molecule has 0 spiro atoms. The van der Waals surface area contributed by atoms with E-state index in [2.05, 4.69) is 9.71 Å². The molecule has 1 heterocycles. The molecule has 186 valence electrons. The summed E-state index contributed by atoms with van der Waals surface area (Å²) in [6, 6.07) is 17.7. The van der Waals surface area contributed by atoms with Gasteiger partial charge in [0.1, 0.15) is 6.54 Å². The summed E-state index contributed by atoms with van der Waals surface area (Å²) in [4.78, 5) is 30.0. The van der Waals surface area contributed by atoms with E-state index < -0.39 is 21.9 Å². The molecule has 0 unspecified atom stereocenters. The monoisotopic (exact) mass is 543 g/mol. The number of aromatic nitrogens is 1. The van der Waals surface area contributed by atoms with Gasteiger partial charge in [0, 0.05) is 5.02 Å². The molecule has 4 aromatic rings. The molecule has 0 saturated carbocycles. The lowest BCUT2D eigenvalue weighted by molar-refractivity contribution is -0.143. The molecule has 4 rings (SSSR count). The van der Waals surface area contributed by atoms with E-state index in [1.807, 2.05) is 6.92 Å². The zero-order chi connectivity index (χ0) is 25.9. The maximum absolute atomic E-state index is 13.3. The molecule has 11 heteroatoms. The Labute approximate surface area is 216 Å². The van der Waals surface area contributed by atoms with Gasteiger partial charge in [-0.1, -0.05) is 52.8 Å². The van der Waals surface area contributed by atoms with Crippen molar-refractivity contribution < 1.29 is 22.7 Å². The molecule has 0 saturated heterocycles. The van der Waals surface area contributed by atoms with Gasteiger partial charge < -0.3 is 9.30 Å². The van der Waals surface area contributed by atoms with Crippen LogP contribution in [0.25, 0.3) is 10.2 Å². The molecule has 8 nitrogen and oxygen atoms in total. The van der Waals surface area contributed by atoms with Crippen LogP contribution in [0.3, 0.4) is 0 Å². The number of para-hydroxylation sites is 1. The molecule has 3 aromatic carbocycles. The third kappa shape index (κ3) is 5.67. The predicted molar refractivity (Wildman–Crippen MR) is 140 cm³/mol. The second-order valence-corrected chi connectivity index (χ2v) is 10.9. The molecular weight excluding hydrogens is 522 g/mol. The van der Waals surface area contributed by atoms with Gasteiger partial charge in [-0.25, -0.2) is 8.42 Å². The van der Waals surface area contributed by atoms with Gasteiger partial charge in [-0.05, 0) is 56.3 Å². The van der Waals surface area contributed by atoms with Crippen molar-refractivity contribution >= 4 is 60.7 Å². The third-order valence-corrected chi connectivity index (χ3v) is 7.83. The van der Waals surface area contributed by atoms with Gasteiger partial charge in [0.25, 0.3) is 15.9 Å². The van der Waals surface area contributed by atoms with Gasteiger partial charge in [0.15, 0.2) is 4.80 Å². The Bertz CT molecular complexity index is 1620. The number of thiazole rings is 1. The standard InChI is InChI=1S/C25H22ClN3O5S2/c1-3-34-23(30)15-29-21-13-10-17(26)14-22(21)35-25(29)27-24(31)19-6-4-5-7-20(19)28-36(32,33)18-11-8-16(2)9-12-18/h4-14,28H,3,15H2,1-2H3. The number of esters is 1. The lowest BCUT2D eigenvalue weighted by Gasteiger charge is -2.11. The number of rotatable bonds is 7. The number of hydrogen-bond acceptors (Lipinski definition) is 6. The topological polar surface area (TPSA) is 107 Å². The molecule has 0 radical (unpaired) electrons. The van der Waals surface area contributed by atoms with Crippen LogP contribution in [-0.4, -0.2) is 31.5 Å². The van der Waals surface area contributed by atoms with Crippen molar-refractivity contribution in [2.45, 2.75) is 25.3 Å². The highest BCUT2D eigenvalue weighted by Crippen LogP contribution is 2.24. The molecule has 0 aliphatic carbocycles. The smallest absolute Gasteiger partial charge is 0.326 e. The van der Waals surface area contributed by atoms with Crippen molar-refractivity contribution in [1.82, 2.24) is 4.57 Å². The van der Waals surface area contributed by atoms with Crippen LogP contribution in [0.5, 0.6) is 0 Å². The molecule has 1 amide bonds. The summed E-state index contributed by atoms with van der Waals surface area (Å²) in [5, 5.41) is 0.501. The lowest BCUT2D eigenvalue weighted by atomic mass is 10.2. The van der Waals surface area contributed by atoms with E-state index >= 15 is 0 Å². The molecule has 36 heavy (non-hydrogen) atoms. The van der Waals surface area contributed by atoms with Crippen LogP contribution in [0.2, 0.25) is 5.02 Å². The number of hydrogen-bond donors (Lipinski definition) is 1. The lowest BCUT2D eigenvalue weighted by Crippen LogP contribution is -2.23. The fourth-order valence-corrected chi connectivity index (χ4v) is 5.83. The Balaban J connectivity index is 1.75. The summed E-state index contributed by atoms with van der Waals surface area (Å²) in [6.45, 7) is 3.63. The zero-order valence-corrected chi connectivity index (χ0v) is 21.8. The number of halogens is 1. The summed E-state index contributed by atoms with van der Waals surface area (Å²) in [7, 11) is -3.94. The van der Waals surface area contributed by atoms with E-state index in [9.17, 15) is 18.0 Å². The van der Waals surface area contributed by atoms with E-state index in [1.54, 1.807) is 54.0 Å². The largest absolute Gasteiger partial charge is 0.465 e. The zero-order valence-electron chi connectivity index (χ0n) is 19.4. The fourth-order valence-electron chi connectivity index (χ4n) is 3.45. The number of carbonyl (C=O) groups is 2. The minimum atomic E-state index is -3.94. The highest BCUT2D eigenvalue weighted by molar-refractivity contribution is 7.92. The molecule has 0 fully saturated rings. The SMILES string of the molecule is CCOC(=O)Cn1c(=NC(=O)c2ccccc2NS(=O)(=O)c2ccc(C)cc2)sc2cc(Cl)ccc21. The van der Waals surface area contributed by atoms with Crippen molar-refractivity contribution in [2.75, 3.05) is 11.3 Å². The number of aryl methyl sites for hydroxylation is 1. The number of ether oxygens (including phenoxy) is 1. The summed E-state index contributed by atoms with van der Waals surface area (Å²) < 4.78 is 35.7. The number of nitrogens with one attached hydrogen (secondary N) is 1. The van der Waals surface area contributed by atoms with E-state index in [-0.39, 0.29) is 34.1 Å². The van der Waals surface area contributed by atoms with Gasteiger partial charge in [0.05, 0.1) is 33.0 Å². The van der Waals surface area contributed by atoms with Crippen LogP contribution in [0, 0.1) is 6.92 Å². The number of nitrogens with zero attached hydrogens (tertiary/aromatic N) is 2. The molecule has 1 N–H and O–H groups in total. The van der Waals surface area contributed by atoms with Crippen LogP contribution in [0.15, 0.2) is 76.6 Å². The van der Waals surface area contributed by atoms with Gasteiger partial charge in [0.2, 0.25) is 0 Å². The maximum atomic E-state index is 13.3. The second kappa shape index (κ2) is 10.7. The minimum absolute atomic E-state index is 0.0614. The van der Waals surface area contributed by atoms with E-state index in [4.69, 9.17) is 16.3 Å². The highest BCUT2D eigenvalue weighted by atomic mass is 35.5. The van der Waals surface area contributed by atoms with Crippen molar-refractivity contribution in [3.05, 3.63) is 87.7 Å². The van der Waals surface area contributed by atoms with Crippen LogP contribution in [-0.2, 0) is 26.1 Å². The molecular formula is C25H22ClN3O5S2. The second-order valence-electron chi connectivity index (χ2n) is 7.77. The van der Waals surface area contributed by atoms with Gasteiger partial charge in [-0.15, -0.1) is 0 Å². The Morgan fingerprint density at radius 1 is 1.08 bits per heavy atom. The van der Waals surface area contributed by atoms with Crippen LogP contribution in [0.1, 0.15) is 22.8 Å². The first kappa shape index (κ1) is 25.6. The Hall–Kier alpha value is -3.47. The molecule has 0 atom stereocenters. The van der Waals surface area contributed by atoms with Gasteiger partial charge in [-0.3, -0.25) is 14.3 Å². The van der Waals surface area contributed by atoms with Crippen molar-refractivity contribution in [2.24, 2.45) is 4.99 Å². The van der Waals surface area contributed by atoms with Crippen LogP contribution in [0.4, 0.5) is 5.69 Å². The quantitative estimate of drug-likeness (QED) is 0.338. The number of amides is 1. The number of carbonyl (C=O) groups excluding carboxylic acids is 2. The number of benzene rings is 3. The normalized spacial score (nSPS) is 12.0. The highest BCUT2D eigenvalue weighted by Gasteiger charge is 2.19. The van der Waals surface area contributed by atoms with E-state index in [1.165, 1.54) is 35.6 Å². The maximum Gasteiger partial charge on any atom is 0.326 e. The third-order valence-electron chi connectivity index (χ3n) is 5.17. The first-order valence-electron chi connectivity index (χ1n) is 10.9. The molecule has 0 aliphatic heterocycles. The first-order chi connectivity index (χ1) is 17.2. The average Bonchev–Trinajstić information content (AvgIpc) is 3.15. The van der Waals surface area contributed by atoms with Crippen molar-refractivity contribution in [1.29, 1.82) is 0 Å². The minimum Gasteiger partial charge on any atom is -0.465 e. The average molecular weight is 544 g/mol. The summed E-state index contributed by atoms with van der Waals surface area (Å²) in [6.07, 6.45) is 0. The number of sulfonamides is 1. The van der Waals surface area contributed by atoms with Crippen LogP contribution < -0.4 is 9.52 Å². The Morgan fingerprint density at radius 2 is 1.81 bits per heavy atom. The first-order valence-corrected chi connectivity index (χ1v) is 13.6. The summed E-state index contributed by atoms with van der Waals surface area (Å²) in [5.41, 5.74) is 1.74. The fraction of sp³-hybridized carbons (Fsp3) is 0.160. The number of anilines is 1. The van der Waals surface area contributed by atoms with E-state index in [0.717, 1.165) is 10.3 Å². The Kier molecular flexibility index (Phi) is 7.58. The van der Waals surface area contributed by atoms with Crippen LogP contribution >= 0.6 is 22.9 Å². The van der Waals surface area contributed by atoms with Crippen molar-refractivity contribution in [3.8, 4) is 0 Å². The van der Waals surface area contributed by atoms with E-state index in [0.29, 0.717) is 10.5 Å². The Morgan fingerprint density at radius 3 is 2.53 bits per heavy atom.